The standard InChI is InChI=1S/C16H20N2O4/c19-12(17-5-7-22-8-6-17)3-4-18-15(20)13-10-1-2-11(9-10)14(13)16(18)21/h1-2,10-11,13-14H,3-9H2/t10-,11-,13-,14+/m0/s1. The van der Waals surface area contributed by atoms with E-state index in [1.807, 2.05) is 0 Å². The molecule has 6 heteroatoms. The molecular weight excluding hydrogens is 284 g/mol. The van der Waals surface area contributed by atoms with Gasteiger partial charge in [0.05, 0.1) is 25.0 Å². The second-order valence-corrected chi connectivity index (χ2v) is 6.57. The first-order chi connectivity index (χ1) is 10.7. The quantitative estimate of drug-likeness (QED) is 0.545. The largest absolute Gasteiger partial charge is 0.378 e. The highest BCUT2D eigenvalue weighted by Gasteiger charge is 2.59. The van der Waals surface area contributed by atoms with E-state index in [0.717, 1.165) is 6.42 Å². The zero-order chi connectivity index (χ0) is 15.3. The average Bonchev–Trinajstić information content (AvgIpc) is 3.21. The summed E-state index contributed by atoms with van der Waals surface area (Å²) < 4.78 is 5.22. The maximum atomic E-state index is 12.5. The molecule has 2 aliphatic heterocycles. The van der Waals surface area contributed by atoms with Crippen molar-refractivity contribution in [2.45, 2.75) is 12.8 Å². The highest BCUT2D eigenvalue weighted by molar-refractivity contribution is 6.06. The van der Waals surface area contributed by atoms with Crippen LogP contribution in [0.3, 0.4) is 0 Å². The Bertz CT molecular complexity index is 522. The Morgan fingerprint density at radius 2 is 1.68 bits per heavy atom. The topological polar surface area (TPSA) is 66.9 Å². The van der Waals surface area contributed by atoms with Crippen LogP contribution in [0.2, 0.25) is 0 Å². The van der Waals surface area contributed by atoms with Gasteiger partial charge in [-0.15, -0.1) is 0 Å². The zero-order valence-electron chi connectivity index (χ0n) is 12.4. The lowest BCUT2D eigenvalue weighted by atomic mass is 9.85. The predicted molar refractivity (Wildman–Crippen MR) is 76.5 cm³/mol. The van der Waals surface area contributed by atoms with Crippen LogP contribution in [0.4, 0.5) is 0 Å². The van der Waals surface area contributed by atoms with Gasteiger partial charge in [-0.25, -0.2) is 0 Å². The van der Waals surface area contributed by atoms with Crippen LogP contribution in [0.25, 0.3) is 0 Å². The molecule has 118 valence electrons. The van der Waals surface area contributed by atoms with Crippen LogP contribution in [-0.2, 0) is 19.1 Å². The molecule has 4 aliphatic rings. The third kappa shape index (κ3) is 2.00. The minimum absolute atomic E-state index is 0.00190. The Hall–Kier alpha value is -1.69. The summed E-state index contributed by atoms with van der Waals surface area (Å²) in [5.74, 6) is -0.00919. The van der Waals surface area contributed by atoms with Gasteiger partial charge in [-0.3, -0.25) is 19.3 Å². The lowest BCUT2D eigenvalue weighted by Crippen LogP contribution is -2.43. The van der Waals surface area contributed by atoms with Gasteiger partial charge < -0.3 is 9.64 Å². The fourth-order valence-corrected chi connectivity index (χ4v) is 4.36. The van der Waals surface area contributed by atoms with Gasteiger partial charge >= 0.3 is 0 Å². The van der Waals surface area contributed by atoms with Crippen molar-refractivity contribution in [3.05, 3.63) is 12.2 Å². The molecule has 2 saturated heterocycles. The molecule has 2 bridgehead atoms. The third-order valence-corrected chi connectivity index (χ3v) is 5.47. The van der Waals surface area contributed by atoms with Crippen LogP contribution in [0.5, 0.6) is 0 Å². The van der Waals surface area contributed by atoms with E-state index in [0.29, 0.717) is 26.3 Å². The number of hydrogen-bond donors (Lipinski definition) is 0. The van der Waals surface area contributed by atoms with E-state index >= 15 is 0 Å². The van der Waals surface area contributed by atoms with Crippen molar-refractivity contribution in [3.63, 3.8) is 0 Å². The molecule has 2 aliphatic carbocycles. The minimum Gasteiger partial charge on any atom is -0.378 e. The van der Waals surface area contributed by atoms with E-state index in [-0.39, 0.29) is 54.4 Å². The number of amides is 3. The van der Waals surface area contributed by atoms with E-state index in [1.54, 1.807) is 4.90 Å². The number of fused-ring (bicyclic) bond motifs is 5. The van der Waals surface area contributed by atoms with Gasteiger partial charge in [0.2, 0.25) is 17.7 Å². The number of imide groups is 1. The third-order valence-electron chi connectivity index (χ3n) is 5.47. The number of nitrogens with zero attached hydrogens (tertiary/aromatic N) is 2. The van der Waals surface area contributed by atoms with Crippen molar-refractivity contribution in [1.29, 1.82) is 0 Å². The number of ether oxygens (including phenoxy) is 1. The number of rotatable bonds is 3. The highest BCUT2D eigenvalue weighted by Crippen LogP contribution is 2.52. The van der Waals surface area contributed by atoms with E-state index in [9.17, 15) is 14.4 Å². The van der Waals surface area contributed by atoms with Crippen LogP contribution >= 0.6 is 0 Å². The number of hydrogen-bond acceptors (Lipinski definition) is 4. The summed E-state index contributed by atoms with van der Waals surface area (Å²) in [6.07, 6.45) is 5.33. The second-order valence-electron chi connectivity index (χ2n) is 6.57. The lowest BCUT2D eigenvalue weighted by molar-refractivity contribution is -0.142. The first kappa shape index (κ1) is 13.9. The van der Waals surface area contributed by atoms with Gasteiger partial charge in [0, 0.05) is 26.1 Å². The Morgan fingerprint density at radius 1 is 1.09 bits per heavy atom. The molecule has 0 N–H and O–H groups in total. The molecule has 4 rings (SSSR count). The van der Waals surface area contributed by atoms with Crippen molar-refractivity contribution in [2.75, 3.05) is 32.8 Å². The van der Waals surface area contributed by atoms with Crippen LogP contribution in [0.15, 0.2) is 12.2 Å². The minimum atomic E-state index is -0.166. The smallest absolute Gasteiger partial charge is 0.233 e. The first-order valence-corrected chi connectivity index (χ1v) is 8.06. The molecule has 3 fully saturated rings. The molecular formula is C16H20N2O4. The number of allylic oxidation sites excluding steroid dienone is 2. The van der Waals surface area contributed by atoms with Crippen molar-refractivity contribution in [1.82, 2.24) is 9.80 Å². The highest BCUT2D eigenvalue weighted by atomic mass is 16.5. The number of likely N-dealkylation sites (tertiary alicyclic amines) is 1. The Kier molecular flexibility index (Phi) is 3.29. The van der Waals surface area contributed by atoms with Gasteiger partial charge in [0.25, 0.3) is 0 Å². The molecule has 1 saturated carbocycles. The van der Waals surface area contributed by atoms with E-state index in [1.165, 1.54) is 4.90 Å². The normalized spacial score (nSPS) is 36.4. The van der Waals surface area contributed by atoms with Gasteiger partial charge in [-0.1, -0.05) is 12.2 Å². The number of morpholine rings is 1. The average molecular weight is 304 g/mol. The first-order valence-electron chi connectivity index (χ1n) is 8.06. The maximum absolute atomic E-state index is 12.5. The van der Waals surface area contributed by atoms with Gasteiger partial charge in [0.1, 0.15) is 0 Å². The summed E-state index contributed by atoms with van der Waals surface area (Å²) in [7, 11) is 0. The SMILES string of the molecule is O=C(CCN1C(=O)[C@@H]2[C@H](C1=O)[C@H]1C=C[C@H]2C1)N1CCOCC1. The molecule has 2 heterocycles. The van der Waals surface area contributed by atoms with Crippen molar-refractivity contribution < 1.29 is 19.1 Å². The molecule has 3 amide bonds. The van der Waals surface area contributed by atoms with E-state index in [2.05, 4.69) is 12.2 Å². The Morgan fingerprint density at radius 3 is 2.27 bits per heavy atom. The Balaban J connectivity index is 1.39. The number of carbonyl (C=O) groups is 3. The van der Waals surface area contributed by atoms with Gasteiger partial charge in [-0.2, -0.15) is 0 Å². The zero-order valence-corrected chi connectivity index (χ0v) is 12.4. The van der Waals surface area contributed by atoms with Crippen LogP contribution in [0.1, 0.15) is 12.8 Å². The number of carbonyl (C=O) groups excluding carboxylic acids is 3. The summed E-state index contributed by atoms with van der Waals surface area (Å²) in [5, 5.41) is 0. The summed E-state index contributed by atoms with van der Waals surface area (Å²) in [6.45, 7) is 2.54. The summed E-state index contributed by atoms with van der Waals surface area (Å²) in [6, 6.07) is 0. The molecule has 22 heavy (non-hydrogen) atoms. The molecule has 0 aromatic heterocycles. The summed E-state index contributed by atoms with van der Waals surface area (Å²) in [5.41, 5.74) is 0. The van der Waals surface area contributed by atoms with Crippen LogP contribution < -0.4 is 0 Å². The summed E-state index contributed by atoms with van der Waals surface area (Å²) in [4.78, 5) is 40.3. The predicted octanol–water partition coefficient (Wildman–Crippen LogP) is 0.0424. The van der Waals surface area contributed by atoms with E-state index < -0.39 is 0 Å². The molecule has 4 atom stereocenters. The van der Waals surface area contributed by atoms with Crippen LogP contribution in [0, 0.1) is 23.7 Å². The molecule has 0 radical (unpaired) electrons. The molecule has 6 nitrogen and oxygen atoms in total. The maximum Gasteiger partial charge on any atom is 0.233 e. The van der Waals surface area contributed by atoms with Gasteiger partial charge in [-0.05, 0) is 18.3 Å². The fraction of sp³-hybridized carbons (Fsp3) is 0.688. The van der Waals surface area contributed by atoms with Gasteiger partial charge in [0.15, 0.2) is 0 Å². The molecule has 0 unspecified atom stereocenters. The lowest BCUT2D eigenvalue weighted by Gasteiger charge is -2.27. The molecule has 0 spiro atoms. The van der Waals surface area contributed by atoms with Crippen LogP contribution in [-0.4, -0.2) is 60.4 Å². The van der Waals surface area contributed by atoms with Crippen molar-refractivity contribution >= 4 is 17.7 Å². The fourth-order valence-electron chi connectivity index (χ4n) is 4.36. The molecule has 0 aromatic rings. The van der Waals surface area contributed by atoms with E-state index in [4.69, 9.17) is 4.74 Å². The molecule has 0 aromatic carbocycles. The van der Waals surface area contributed by atoms with Crippen molar-refractivity contribution in [2.24, 2.45) is 23.7 Å². The summed E-state index contributed by atoms with van der Waals surface area (Å²) >= 11 is 0. The van der Waals surface area contributed by atoms with Crippen molar-refractivity contribution in [3.8, 4) is 0 Å². The Labute approximate surface area is 129 Å². The monoisotopic (exact) mass is 304 g/mol. The second kappa shape index (κ2) is 5.19.